The number of aromatic nitrogens is 1. The van der Waals surface area contributed by atoms with Gasteiger partial charge in [0.25, 0.3) is 0 Å². The fourth-order valence-corrected chi connectivity index (χ4v) is 4.54. The van der Waals surface area contributed by atoms with Crippen LogP contribution >= 0.6 is 11.3 Å². The van der Waals surface area contributed by atoms with E-state index in [4.69, 9.17) is 0 Å². The Kier molecular flexibility index (Phi) is 5.14. The van der Waals surface area contributed by atoms with Crippen LogP contribution in [-0.4, -0.2) is 21.6 Å². The summed E-state index contributed by atoms with van der Waals surface area (Å²) in [5.41, 5.74) is 0.823. The van der Waals surface area contributed by atoms with Gasteiger partial charge in [0, 0.05) is 6.42 Å². The average Bonchev–Trinajstić information content (AvgIpc) is 3.16. The number of carbonyl (C=O) groups excluding carboxylic acids is 1. The van der Waals surface area contributed by atoms with E-state index >= 15 is 0 Å². The van der Waals surface area contributed by atoms with E-state index in [1.807, 2.05) is 31.2 Å². The Balaban J connectivity index is 2.03. The Bertz CT molecular complexity index is 815. The highest BCUT2D eigenvalue weighted by atomic mass is 32.1. The Hall–Kier alpha value is -1.95. The van der Waals surface area contributed by atoms with Crippen LogP contribution in [0.15, 0.2) is 29.3 Å². The normalized spacial score (nSPS) is 17.5. The lowest BCUT2D eigenvalue weighted by Gasteiger charge is -2.13. The van der Waals surface area contributed by atoms with Crippen LogP contribution in [0, 0.1) is 5.92 Å². The van der Waals surface area contributed by atoms with E-state index in [1.54, 1.807) is 4.57 Å². The van der Waals surface area contributed by atoms with Crippen LogP contribution in [0.25, 0.3) is 10.2 Å². The molecule has 3 rings (SSSR count). The molecule has 1 amide bonds. The van der Waals surface area contributed by atoms with E-state index in [0.29, 0.717) is 23.6 Å². The van der Waals surface area contributed by atoms with E-state index in [9.17, 15) is 14.7 Å². The molecule has 1 atom stereocenters. The second kappa shape index (κ2) is 7.30. The summed E-state index contributed by atoms with van der Waals surface area (Å²) in [7, 11) is 0. The summed E-state index contributed by atoms with van der Waals surface area (Å²) in [4.78, 5) is 28.8. The van der Waals surface area contributed by atoms with Gasteiger partial charge in [0.05, 0.1) is 10.2 Å². The van der Waals surface area contributed by atoms with Crippen LogP contribution in [-0.2, 0) is 9.59 Å². The predicted octanol–water partition coefficient (Wildman–Crippen LogP) is 3.75. The molecule has 1 aromatic heterocycles. The summed E-state index contributed by atoms with van der Waals surface area (Å²) in [5.74, 6) is -0.598. The first-order valence-electron chi connectivity index (χ1n) is 8.50. The zero-order chi connectivity index (χ0) is 17.1. The second-order valence-electron chi connectivity index (χ2n) is 6.34. The van der Waals surface area contributed by atoms with Crippen molar-refractivity contribution in [2.75, 3.05) is 0 Å². The van der Waals surface area contributed by atoms with E-state index in [1.165, 1.54) is 24.2 Å². The van der Waals surface area contributed by atoms with E-state index < -0.39 is 12.0 Å². The number of aliphatic carboxylic acids is 1. The monoisotopic (exact) mass is 346 g/mol. The number of para-hydroxylation sites is 1. The summed E-state index contributed by atoms with van der Waals surface area (Å²) >= 11 is 1.38. The highest BCUT2D eigenvalue weighted by Crippen LogP contribution is 2.28. The van der Waals surface area contributed by atoms with Crippen LogP contribution < -0.4 is 4.80 Å². The van der Waals surface area contributed by atoms with Gasteiger partial charge in [-0.05, 0) is 37.3 Å². The number of thiazole rings is 1. The molecule has 128 valence electrons. The fraction of sp³-hybridized carbons (Fsp3) is 0.500. The SMILES string of the molecule is CCC(C(=O)O)n1c(=NC(=O)CC2CCCC2)sc2ccccc21. The summed E-state index contributed by atoms with van der Waals surface area (Å²) in [6.45, 7) is 1.84. The molecular formula is C18H22N2O3S. The van der Waals surface area contributed by atoms with E-state index in [-0.39, 0.29) is 5.91 Å². The Labute approximate surface area is 144 Å². The number of benzene rings is 1. The van der Waals surface area contributed by atoms with Crippen molar-refractivity contribution in [3.8, 4) is 0 Å². The first-order valence-corrected chi connectivity index (χ1v) is 9.32. The predicted molar refractivity (Wildman–Crippen MR) is 93.9 cm³/mol. The van der Waals surface area contributed by atoms with Crippen molar-refractivity contribution < 1.29 is 14.7 Å². The molecule has 1 aliphatic carbocycles. The first-order chi connectivity index (χ1) is 11.6. The number of carboxylic acid groups (broad SMARTS) is 1. The van der Waals surface area contributed by atoms with Gasteiger partial charge < -0.3 is 9.67 Å². The largest absolute Gasteiger partial charge is 0.480 e. The number of hydrogen-bond acceptors (Lipinski definition) is 3. The molecule has 1 aliphatic rings. The molecule has 0 spiro atoms. The summed E-state index contributed by atoms with van der Waals surface area (Å²) in [5, 5.41) is 9.55. The number of amides is 1. The van der Waals surface area contributed by atoms with Crippen molar-refractivity contribution in [1.82, 2.24) is 4.57 Å². The Morgan fingerprint density at radius 2 is 2.04 bits per heavy atom. The summed E-state index contributed by atoms with van der Waals surface area (Å²) in [6, 6.07) is 6.90. The molecule has 5 nitrogen and oxygen atoms in total. The smallest absolute Gasteiger partial charge is 0.326 e. The van der Waals surface area contributed by atoms with Crippen LogP contribution in [0.5, 0.6) is 0 Å². The molecule has 0 bridgehead atoms. The maximum Gasteiger partial charge on any atom is 0.326 e. The van der Waals surface area contributed by atoms with E-state index in [0.717, 1.165) is 23.1 Å². The summed E-state index contributed by atoms with van der Waals surface area (Å²) < 4.78 is 2.65. The lowest BCUT2D eigenvalue weighted by molar-refractivity contribution is -0.141. The molecule has 1 N–H and O–H groups in total. The number of fused-ring (bicyclic) bond motifs is 1. The minimum absolute atomic E-state index is 0.137. The molecule has 1 heterocycles. The van der Waals surface area contributed by atoms with Gasteiger partial charge in [-0.25, -0.2) is 4.79 Å². The van der Waals surface area contributed by atoms with Gasteiger partial charge in [0.15, 0.2) is 4.80 Å². The fourth-order valence-electron chi connectivity index (χ4n) is 3.45. The molecule has 0 saturated heterocycles. The number of carboxylic acids is 1. The average molecular weight is 346 g/mol. The van der Waals surface area contributed by atoms with Crippen molar-refractivity contribution in [1.29, 1.82) is 0 Å². The molecule has 2 aromatic rings. The van der Waals surface area contributed by atoms with Gasteiger partial charge in [0.2, 0.25) is 5.91 Å². The molecule has 1 unspecified atom stereocenters. The number of hydrogen-bond donors (Lipinski definition) is 1. The lowest BCUT2D eigenvalue weighted by Crippen LogP contribution is -2.27. The molecule has 6 heteroatoms. The highest BCUT2D eigenvalue weighted by molar-refractivity contribution is 7.16. The molecule has 1 saturated carbocycles. The van der Waals surface area contributed by atoms with E-state index in [2.05, 4.69) is 4.99 Å². The third kappa shape index (κ3) is 3.43. The van der Waals surface area contributed by atoms with Gasteiger partial charge in [-0.3, -0.25) is 4.79 Å². The standard InChI is InChI=1S/C18H22N2O3S/c1-2-13(17(22)23)20-14-9-5-6-10-15(14)24-18(20)19-16(21)11-12-7-3-4-8-12/h5-6,9-10,12-13H,2-4,7-8,11H2,1H3,(H,22,23). The van der Waals surface area contributed by atoms with Gasteiger partial charge in [-0.1, -0.05) is 43.2 Å². The van der Waals surface area contributed by atoms with Crippen molar-refractivity contribution in [2.45, 2.75) is 51.5 Å². The number of carbonyl (C=O) groups is 2. The van der Waals surface area contributed by atoms with Crippen LogP contribution in [0.4, 0.5) is 0 Å². The van der Waals surface area contributed by atoms with Crippen molar-refractivity contribution >= 4 is 33.4 Å². The van der Waals surface area contributed by atoms with Crippen molar-refractivity contribution in [3.05, 3.63) is 29.1 Å². The molecule has 1 aromatic carbocycles. The molecule has 24 heavy (non-hydrogen) atoms. The van der Waals surface area contributed by atoms with Crippen LogP contribution in [0.1, 0.15) is 51.5 Å². The molecule has 0 aliphatic heterocycles. The van der Waals surface area contributed by atoms with Crippen LogP contribution in [0.3, 0.4) is 0 Å². The molecule has 1 fully saturated rings. The van der Waals surface area contributed by atoms with Gasteiger partial charge in [-0.2, -0.15) is 4.99 Å². The Morgan fingerprint density at radius 3 is 2.71 bits per heavy atom. The third-order valence-electron chi connectivity index (χ3n) is 4.67. The number of nitrogens with zero attached hydrogens (tertiary/aromatic N) is 2. The minimum Gasteiger partial charge on any atom is -0.480 e. The number of rotatable bonds is 5. The van der Waals surface area contributed by atoms with Crippen molar-refractivity contribution in [3.63, 3.8) is 0 Å². The maximum atomic E-state index is 12.4. The topological polar surface area (TPSA) is 71.7 Å². The Morgan fingerprint density at radius 1 is 1.33 bits per heavy atom. The van der Waals surface area contributed by atoms with Gasteiger partial charge in [0.1, 0.15) is 6.04 Å². The first kappa shape index (κ1) is 16.9. The quantitative estimate of drug-likeness (QED) is 0.896. The zero-order valence-electron chi connectivity index (χ0n) is 13.8. The minimum atomic E-state index is -0.897. The zero-order valence-corrected chi connectivity index (χ0v) is 14.6. The second-order valence-corrected chi connectivity index (χ2v) is 7.35. The third-order valence-corrected chi connectivity index (χ3v) is 5.71. The molecule has 0 radical (unpaired) electrons. The molecular weight excluding hydrogens is 324 g/mol. The summed E-state index contributed by atoms with van der Waals surface area (Å²) in [6.07, 6.45) is 5.49. The lowest BCUT2D eigenvalue weighted by atomic mass is 10.0. The van der Waals surface area contributed by atoms with Crippen LogP contribution in [0.2, 0.25) is 0 Å². The van der Waals surface area contributed by atoms with Gasteiger partial charge >= 0.3 is 5.97 Å². The van der Waals surface area contributed by atoms with Gasteiger partial charge in [-0.15, -0.1) is 0 Å². The van der Waals surface area contributed by atoms with Crippen molar-refractivity contribution in [2.24, 2.45) is 10.9 Å². The highest BCUT2D eigenvalue weighted by Gasteiger charge is 2.23. The maximum absolute atomic E-state index is 12.4.